The number of fused-ring (bicyclic) bond motifs is 1. The molecule has 1 atom stereocenters. The molecule has 1 saturated carbocycles. The second-order valence-electron chi connectivity index (χ2n) is 6.16. The van der Waals surface area contributed by atoms with Crippen LogP contribution in [0.1, 0.15) is 30.4 Å². The lowest BCUT2D eigenvalue weighted by Gasteiger charge is -2.17. The molecule has 1 aliphatic carbocycles. The zero-order chi connectivity index (χ0) is 13.3. The van der Waals surface area contributed by atoms with Gasteiger partial charge in [-0.3, -0.25) is 0 Å². The molecular formula is C16H23NO2. The van der Waals surface area contributed by atoms with Crippen molar-refractivity contribution in [1.29, 1.82) is 0 Å². The highest BCUT2D eigenvalue weighted by molar-refractivity contribution is 5.40. The Bertz CT molecular complexity index is 454. The van der Waals surface area contributed by atoms with Gasteiger partial charge in [0.25, 0.3) is 0 Å². The van der Waals surface area contributed by atoms with Crippen LogP contribution >= 0.6 is 0 Å². The van der Waals surface area contributed by atoms with Gasteiger partial charge in [-0.2, -0.15) is 0 Å². The standard InChI is InChI=1S/C16H23NO2/c1-12-2-3-15-13(8-12)9-14(19-15)10-17-11-16(4-5-16)6-7-18/h2-3,8,14,17-18H,4-7,9-11H2,1H3. The molecule has 2 N–H and O–H groups in total. The fraction of sp³-hybridized carbons (Fsp3) is 0.625. The van der Waals surface area contributed by atoms with E-state index in [0.29, 0.717) is 12.0 Å². The topological polar surface area (TPSA) is 41.5 Å². The largest absolute Gasteiger partial charge is 0.488 e. The molecule has 0 spiro atoms. The van der Waals surface area contributed by atoms with Crippen molar-refractivity contribution in [2.24, 2.45) is 5.41 Å². The summed E-state index contributed by atoms with van der Waals surface area (Å²) in [6, 6.07) is 6.41. The Balaban J connectivity index is 1.46. The van der Waals surface area contributed by atoms with Crippen LogP contribution < -0.4 is 10.1 Å². The minimum atomic E-state index is 0.265. The first-order valence-electron chi connectivity index (χ1n) is 7.29. The van der Waals surface area contributed by atoms with Gasteiger partial charge in [0.1, 0.15) is 11.9 Å². The molecule has 3 nitrogen and oxygen atoms in total. The number of aliphatic hydroxyl groups is 1. The number of aryl methyl sites for hydroxylation is 1. The predicted molar refractivity (Wildman–Crippen MR) is 75.5 cm³/mol. The van der Waals surface area contributed by atoms with Crippen LogP contribution in [-0.4, -0.2) is 30.9 Å². The second-order valence-corrected chi connectivity index (χ2v) is 6.16. The third-order valence-electron chi connectivity index (χ3n) is 4.43. The lowest BCUT2D eigenvalue weighted by atomic mass is 10.0. The van der Waals surface area contributed by atoms with Gasteiger partial charge in [-0.15, -0.1) is 0 Å². The van der Waals surface area contributed by atoms with E-state index in [-0.39, 0.29) is 6.10 Å². The maximum absolute atomic E-state index is 9.04. The molecular weight excluding hydrogens is 238 g/mol. The van der Waals surface area contributed by atoms with Gasteiger partial charge in [0.2, 0.25) is 0 Å². The molecule has 2 aliphatic rings. The van der Waals surface area contributed by atoms with Gasteiger partial charge in [0, 0.05) is 26.1 Å². The van der Waals surface area contributed by atoms with E-state index in [2.05, 4.69) is 30.4 Å². The highest BCUT2D eigenvalue weighted by Crippen LogP contribution is 2.47. The van der Waals surface area contributed by atoms with E-state index < -0.39 is 0 Å². The molecule has 3 rings (SSSR count). The van der Waals surface area contributed by atoms with Crippen molar-refractivity contribution in [1.82, 2.24) is 5.32 Å². The van der Waals surface area contributed by atoms with Crippen molar-refractivity contribution in [2.45, 2.75) is 38.7 Å². The van der Waals surface area contributed by atoms with Crippen molar-refractivity contribution < 1.29 is 9.84 Å². The molecule has 1 aromatic carbocycles. The van der Waals surface area contributed by atoms with E-state index in [1.807, 2.05) is 0 Å². The number of hydrogen-bond acceptors (Lipinski definition) is 3. The van der Waals surface area contributed by atoms with Gasteiger partial charge in [-0.25, -0.2) is 0 Å². The van der Waals surface area contributed by atoms with E-state index in [0.717, 1.165) is 31.7 Å². The molecule has 1 fully saturated rings. The quantitative estimate of drug-likeness (QED) is 0.823. The molecule has 0 bridgehead atoms. The molecule has 3 heteroatoms. The molecule has 1 unspecified atom stereocenters. The van der Waals surface area contributed by atoms with Crippen LogP contribution in [0.5, 0.6) is 5.75 Å². The molecule has 0 radical (unpaired) electrons. The van der Waals surface area contributed by atoms with E-state index in [9.17, 15) is 0 Å². The predicted octanol–water partition coefficient (Wildman–Crippen LogP) is 2.05. The number of aliphatic hydroxyl groups excluding tert-OH is 1. The lowest BCUT2D eigenvalue weighted by molar-refractivity contribution is 0.214. The Hall–Kier alpha value is -1.06. The average molecular weight is 261 g/mol. The summed E-state index contributed by atoms with van der Waals surface area (Å²) in [6.45, 7) is 4.35. The summed E-state index contributed by atoms with van der Waals surface area (Å²) in [7, 11) is 0. The number of ether oxygens (including phenoxy) is 1. The van der Waals surface area contributed by atoms with Gasteiger partial charge in [0.05, 0.1) is 0 Å². The van der Waals surface area contributed by atoms with Crippen molar-refractivity contribution >= 4 is 0 Å². The summed E-state index contributed by atoms with van der Waals surface area (Å²) < 4.78 is 5.95. The maximum atomic E-state index is 9.04. The highest BCUT2D eigenvalue weighted by atomic mass is 16.5. The minimum absolute atomic E-state index is 0.265. The van der Waals surface area contributed by atoms with Crippen LogP contribution in [-0.2, 0) is 6.42 Å². The second kappa shape index (κ2) is 5.14. The molecule has 1 aromatic rings. The third-order valence-corrected chi connectivity index (χ3v) is 4.43. The Morgan fingerprint density at radius 2 is 2.26 bits per heavy atom. The van der Waals surface area contributed by atoms with Gasteiger partial charge < -0.3 is 15.2 Å². The number of rotatable bonds is 6. The first-order chi connectivity index (χ1) is 9.21. The summed E-state index contributed by atoms with van der Waals surface area (Å²) in [5.74, 6) is 1.05. The summed E-state index contributed by atoms with van der Waals surface area (Å²) in [5, 5.41) is 12.6. The van der Waals surface area contributed by atoms with Crippen LogP contribution in [0, 0.1) is 12.3 Å². The number of nitrogens with one attached hydrogen (secondary N) is 1. The van der Waals surface area contributed by atoms with Gasteiger partial charge in [0.15, 0.2) is 0 Å². The van der Waals surface area contributed by atoms with Crippen LogP contribution in [0.2, 0.25) is 0 Å². The molecule has 104 valence electrons. The van der Waals surface area contributed by atoms with Crippen molar-refractivity contribution in [2.75, 3.05) is 19.7 Å². The van der Waals surface area contributed by atoms with Crippen LogP contribution in [0.4, 0.5) is 0 Å². The van der Waals surface area contributed by atoms with Crippen molar-refractivity contribution in [3.8, 4) is 5.75 Å². The molecule has 1 heterocycles. The first-order valence-corrected chi connectivity index (χ1v) is 7.29. The monoisotopic (exact) mass is 261 g/mol. The summed E-state index contributed by atoms with van der Waals surface area (Å²) in [5.41, 5.74) is 3.02. The summed E-state index contributed by atoms with van der Waals surface area (Å²) in [6.07, 6.45) is 4.72. The Kier molecular flexibility index (Phi) is 3.50. The Labute approximate surface area is 115 Å². The van der Waals surface area contributed by atoms with E-state index >= 15 is 0 Å². The van der Waals surface area contributed by atoms with Gasteiger partial charge >= 0.3 is 0 Å². The SMILES string of the molecule is Cc1ccc2c(c1)CC(CNCC1(CCO)CC1)O2. The van der Waals surface area contributed by atoms with Gasteiger partial charge in [-0.05, 0) is 43.2 Å². The molecule has 0 aromatic heterocycles. The highest BCUT2D eigenvalue weighted by Gasteiger charge is 2.41. The fourth-order valence-corrected chi connectivity index (χ4v) is 2.99. The normalized spacial score (nSPS) is 22.9. The third kappa shape index (κ3) is 2.93. The number of hydrogen-bond donors (Lipinski definition) is 2. The molecule has 19 heavy (non-hydrogen) atoms. The van der Waals surface area contributed by atoms with Crippen LogP contribution in [0.15, 0.2) is 18.2 Å². The molecule has 1 aliphatic heterocycles. The summed E-state index contributed by atoms with van der Waals surface area (Å²) >= 11 is 0. The Morgan fingerprint density at radius 3 is 3.00 bits per heavy atom. The summed E-state index contributed by atoms with van der Waals surface area (Å²) in [4.78, 5) is 0. The van der Waals surface area contributed by atoms with E-state index in [4.69, 9.17) is 9.84 Å². The van der Waals surface area contributed by atoms with Crippen molar-refractivity contribution in [3.05, 3.63) is 29.3 Å². The smallest absolute Gasteiger partial charge is 0.123 e. The van der Waals surface area contributed by atoms with Crippen LogP contribution in [0.25, 0.3) is 0 Å². The van der Waals surface area contributed by atoms with Gasteiger partial charge in [-0.1, -0.05) is 17.7 Å². The Morgan fingerprint density at radius 1 is 1.42 bits per heavy atom. The van der Waals surface area contributed by atoms with Crippen molar-refractivity contribution in [3.63, 3.8) is 0 Å². The zero-order valence-electron chi connectivity index (χ0n) is 11.6. The average Bonchev–Trinajstić information content (AvgIpc) is 3.01. The van der Waals surface area contributed by atoms with E-state index in [1.165, 1.54) is 24.0 Å². The fourth-order valence-electron chi connectivity index (χ4n) is 2.99. The lowest BCUT2D eigenvalue weighted by Crippen LogP contribution is -2.34. The molecule has 0 saturated heterocycles. The zero-order valence-corrected chi connectivity index (χ0v) is 11.6. The first kappa shape index (κ1) is 12.9. The van der Waals surface area contributed by atoms with Crippen LogP contribution in [0.3, 0.4) is 0 Å². The van der Waals surface area contributed by atoms with E-state index in [1.54, 1.807) is 0 Å². The minimum Gasteiger partial charge on any atom is -0.488 e. The molecule has 0 amide bonds. The maximum Gasteiger partial charge on any atom is 0.123 e. The number of benzene rings is 1.